The first-order valence-electron chi connectivity index (χ1n) is 6.85. The number of hydrogen-bond donors (Lipinski definition) is 1. The monoisotopic (exact) mass is 302 g/mol. The number of imide groups is 1. The zero-order chi connectivity index (χ0) is 14.3. The van der Waals surface area contributed by atoms with E-state index in [0.717, 1.165) is 12.8 Å². The summed E-state index contributed by atoms with van der Waals surface area (Å²) in [4.78, 5) is 24.4. The molecule has 3 saturated heterocycles. The van der Waals surface area contributed by atoms with Gasteiger partial charge in [-0.15, -0.1) is 0 Å². The van der Waals surface area contributed by atoms with Gasteiger partial charge in [-0.05, 0) is 19.3 Å². The lowest BCUT2D eigenvalue weighted by molar-refractivity contribution is -0.126. The Hall–Kier alpha value is -1.19. The van der Waals surface area contributed by atoms with E-state index in [1.807, 2.05) is 0 Å². The minimum absolute atomic E-state index is 0.00814. The molecule has 3 aliphatic heterocycles. The van der Waals surface area contributed by atoms with Gasteiger partial charge >= 0.3 is 6.03 Å². The van der Waals surface area contributed by atoms with Crippen LogP contribution in [0.5, 0.6) is 0 Å². The van der Waals surface area contributed by atoms with Gasteiger partial charge in [-0.3, -0.25) is 9.69 Å². The van der Waals surface area contributed by atoms with Crippen molar-refractivity contribution < 1.29 is 18.0 Å². The summed E-state index contributed by atoms with van der Waals surface area (Å²) in [6.07, 6.45) is 2.29. The van der Waals surface area contributed by atoms with E-state index in [9.17, 15) is 18.0 Å². The number of urea groups is 1. The lowest BCUT2D eigenvalue weighted by Crippen LogP contribution is -2.45. The molecule has 3 fully saturated rings. The Balaban J connectivity index is 1.70. The third-order valence-electron chi connectivity index (χ3n) is 4.09. The zero-order valence-electron chi connectivity index (χ0n) is 11.1. The number of nitrogens with one attached hydrogen (secondary N) is 1. The van der Waals surface area contributed by atoms with Gasteiger partial charge in [-0.2, -0.15) is 17.0 Å². The van der Waals surface area contributed by atoms with Crippen LogP contribution < -0.4 is 5.32 Å². The second-order valence-corrected chi connectivity index (χ2v) is 7.27. The van der Waals surface area contributed by atoms with Crippen molar-refractivity contribution in [2.24, 2.45) is 0 Å². The maximum absolute atomic E-state index is 12.4. The predicted octanol–water partition coefficient (Wildman–Crippen LogP) is -1.05. The fourth-order valence-corrected chi connectivity index (χ4v) is 4.76. The minimum Gasteiger partial charge on any atom is -0.329 e. The van der Waals surface area contributed by atoms with E-state index in [1.54, 1.807) is 0 Å². The Labute approximate surface area is 117 Å². The number of carbonyl (C=O) groups is 2. The van der Waals surface area contributed by atoms with Gasteiger partial charge < -0.3 is 5.32 Å². The van der Waals surface area contributed by atoms with E-state index >= 15 is 0 Å². The van der Waals surface area contributed by atoms with E-state index in [0.29, 0.717) is 26.1 Å². The second kappa shape index (κ2) is 4.97. The molecule has 1 N–H and O–H groups in total. The molecule has 0 bridgehead atoms. The Morgan fingerprint density at radius 2 is 1.75 bits per heavy atom. The molecule has 3 aliphatic rings. The molecule has 0 aliphatic carbocycles. The molecule has 0 saturated carbocycles. The van der Waals surface area contributed by atoms with Crippen molar-refractivity contribution in [3.8, 4) is 0 Å². The molecule has 0 aromatic heterocycles. The molecule has 1 atom stereocenters. The number of carbonyl (C=O) groups excluding carboxylic acids is 2. The smallest absolute Gasteiger partial charge is 0.324 e. The Bertz CT molecular complexity index is 513. The fraction of sp³-hybridized carbons (Fsp3) is 0.818. The van der Waals surface area contributed by atoms with E-state index in [-0.39, 0.29) is 25.0 Å². The van der Waals surface area contributed by atoms with Crippen molar-refractivity contribution in [3.63, 3.8) is 0 Å². The molecule has 9 heteroatoms. The summed E-state index contributed by atoms with van der Waals surface area (Å²) in [7, 11) is -3.44. The van der Waals surface area contributed by atoms with Crippen LogP contribution in [0.25, 0.3) is 0 Å². The third-order valence-corrected chi connectivity index (χ3v) is 6.09. The van der Waals surface area contributed by atoms with Crippen molar-refractivity contribution in [3.05, 3.63) is 0 Å². The highest BCUT2D eigenvalue weighted by Gasteiger charge is 2.43. The highest BCUT2D eigenvalue weighted by atomic mass is 32.2. The summed E-state index contributed by atoms with van der Waals surface area (Å²) in [5.74, 6) is -0.277. The van der Waals surface area contributed by atoms with E-state index in [1.165, 1.54) is 13.5 Å². The molecule has 8 nitrogen and oxygen atoms in total. The van der Waals surface area contributed by atoms with Crippen LogP contribution in [0.1, 0.15) is 19.3 Å². The third kappa shape index (κ3) is 2.19. The summed E-state index contributed by atoms with van der Waals surface area (Å²) in [5, 5.41) is 2.46. The molecule has 0 radical (unpaired) electrons. The average Bonchev–Trinajstić information content (AvgIpc) is 3.10. The van der Waals surface area contributed by atoms with Crippen LogP contribution in [-0.2, 0) is 15.0 Å². The van der Waals surface area contributed by atoms with Gasteiger partial charge in [0.25, 0.3) is 10.2 Å². The van der Waals surface area contributed by atoms with E-state index in [4.69, 9.17) is 0 Å². The van der Waals surface area contributed by atoms with Crippen LogP contribution in [0.4, 0.5) is 4.79 Å². The second-order valence-electron chi connectivity index (χ2n) is 5.34. The molecular weight excluding hydrogens is 284 g/mol. The summed E-state index contributed by atoms with van der Waals surface area (Å²) >= 11 is 0. The lowest BCUT2D eigenvalue weighted by atomic mass is 10.2. The first-order valence-corrected chi connectivity index (χ1v) is 8.25. The highest BCUT2D eigenvalue weighted by Crippen LogP contribution is 2.24. The molecule has 3 amide bonds. The molecule has 3 rings (SSSR count). The van der Waals surface area contributed by atoms with E-state index in [2.05, 4.69) is 5.32 Å². The first kappa shape index (κ1) is 13.8. The van der Waals surface area contributed by atoms with Crippen LogP contribution in [0, 0.1) is 0 Å². The van der Waals surface area contributed by atoms with Gasteiger partial charge in [0.1, 0.15) is 0 Å². The summed E-state index contributed by atoms with van der Waals surface area (Å²) < 4.78 is 27.7. The maximum Gasteiger partial charge on any atom is 0.324 e. The van der Waals surface area contributed by atoms with Crippen LogP contribution in [0.2, 0.25) is 0 Å². The van der Waals surface area contributed by atoms with Crippen LogP contribution >= 0.6 is 0 Å². The van der Waals surface area contributed by atoms with Crippen LogP contribution in [0.15, 0.2) is 0 Å². The van der Waals surface area contributed by atoms with Crippen molar-refractivity contribution in [1.82, 2.24) is 18.8 Å². The van der Waals surface area contributed by atoms with Gasteiger partial charge in [0.15, 0.2) is 0 Å². The van der Waals surface area contributed by atoms with Crippen LogP contribution in [-0.4, -0.2) is 72.6 Å². The van der Waals surface area contributed by atoms with Gasteiger partial charge in [-0.1, -0.05) is 0 Å². The topological polar surface area (TPSA) is 90.0 Å². The number of rotatable bonds is 3. The Morgan fingerprint density at radius 1 is 1.05 bits per heavy atom. The van der Waals surface area contributed by atoms with Crippen LogP contribution in [0.3, 0.4) is 0 Å². The number of hydrogen-bond acceptors (Lipinski definition) is 4. The summed E-state index contributed by atoms with van der Waals surface area (Å²) in [5.41, 5.74) is 0. The van der Waals surface area contributed by atoms with Gasteiger partial charge in [0.2, 0.25) is 5.91 Å². The number of amides is 3. The SMILES string of the molecule is O=C1CNC(=O)N1C1CCN(S(=O)(=O)N2CCCC2)C1. The van der Waals surface area contributed by atoms with Crippen molar-refractivity contribution >= 4 is 22.1 Å². The van der Waals surface area contributed by atoms with Crippen molar-refractivity contribution in [2.75, 3.05) is 32.7 Å². The van der Waals surface area contributed by atoms with E-state index < -0.39 is 16.2 Å². The molecule has 3 heterocycles. The van der Waals surface area contributed by atoms with Crippen molar-refractivity contribution in [2.45, 2.75) is 25.3 Å². The lowest BCUT2D eigenvalue weighted by Gasteiger charge is -2.24. The molecule has 20 heavy (non-hydrogen) atoms. The van der Waals surface area contributed by atoms with Gasteiger partial charge in [-0.25, -0.2) is 4.79 Å². The molecule has 112 valence electrons. The predicted molar refractivity (Wildman–Crippen MR) is 69.9 cm³/mol. The van der Waals surface area contributed by atoms with Gasteiger partial charge in [0.05, 0.1) is 12.6 Å². The Kier molecular flexibility index (Phi) is 3.43. The minimum atomic E-state index is -3.44. The van der Waals surface area contributed by atoms with Crippen molar-refractivity contribution in [1.29, 1.82) is 0 Å². The summed E-state index contributed by atoms with van der Waals surface area (Å²) in [6.45, 7) is 1.70. The molecule has 0 aromatic rings. The maximum atomic E-state index is 12.4. The highest BCUT2D eigenvalue weighted by molar-refractivity contribution is 7.86. The quantitative estimate of drug-likeness (QED) is 0.674. The fourth-order valence-electron chi connectivity index (χ4n) is 3.02. The molecule has 0 aromatic carbocycles. The molecular formula is C11H18N4O4S. The normalized spacial score (nSPS) is 29.4. The number of nitrogens with zero attached hydrogens (tertiary/aromatic N) is 3. The van der Waals surface area contributed by atoms with Gasteiger partial charge in [0, 0.05) is 26.2 Å². The standard InChI is InChI=1S/C11H18N4O4S/c16-10-7-12-11(17)15(10)9-3-6-14(8-9)20(18,19)13-4-1-2-5-13/h9H,1-8H2,(H,12,17). The largest absolute Gasteiger partial charge is 0.329 e. The average molecular weight is 302 g/mol. The zero-order valence-corrected chi connectivity index (χ0v) is 11.9. The molecule has 0 spiro atoms. The molecule has 1 unspecified atom stereocenters. The first-order chi connectivity index (χ1) is 9.50. The summed E-state index contributed by atoms with van der Waals surface area (Å²) in [6, 6.07) is -0.761. The Morgan fingerprint density at radius 3 is 2.35 bits per heavy atom.